The molecule has 156 valence electrons. The SMILES string of the molecule is O=C1NC(CCc2ccccc2)C(=O)C1=C(O)C(Cc1ccccc1)c1ccccc1. The number of allylic oxidation sites excluding steroid dienone is 1. The van der Waals surface area contributed by atoms with Gasteiger partial charge in [-0.1, -0.05) is 91.0 Å². The van der Waals surface area contributed by atoms with Crippen LogP contribution in [0.5, 0.6) is 0 Å². The molecule has 4 nitrogen and oxygen atoms in total. The molecule has 1 amide bonds. The summed E-state index contributed by atoms with van der Waals surface area (Å²) in [6, 6.07) is 28.5. The normalized spacial score (nSPS) is 18.5. The van der Waals surface area contributed by atoms with Crippen molar-refractivity contribution < 1.29 is 14.7 Å². The lowest BCUT2D eigenvalue weighted by Gasteiger charge is -2.18. The minimum absolute atomic E-state index is 0.108. The number of aliphatic hydroxyl groups excluding tert-OH is 1. The number of aliphatic hydroxyl groups is 1. The number of nitrogens with one attached hydrogen (secondary N) is 1. The zero-order chi connectivity index (χ0) is 21.6. The highest BCUT2D eigenvalue weighted by molar-refractivity contribution is 6.27. The molecule has 2 unspecified atom stereocenters. The van der Waals surface area contributed by atoms with Crippen LogP contribution in [0.1, 0.15) is 29.0 Å². The monoisotopic (exact) mass is 411 g/mol. The average molecular weight is 412 g/mol. The minimum atomic E-state index is -0.613. The number of aryl methyl sites for hydroxylation is 1. The lowest BCUT2D eigenvalue weighted by molar-refractivity contribution is -0.117. The summed E-state index contributed by atoms with van der Waals surface area (Å²) in [4.78, 5) is 25.8. The van der Waals surface area contributed by atoms with Crippen molar-refractivity contribution >= 4 is 11.7 Å². The van der Waals surface area contributed by atoms with Gasteiger partial charge < -0.3 is 10.4 Å². The smallest absolute Gasteiger partial charge is 0.259 e. The molecule has 1 saturated heterocycles. The van der Waals surface area contributed by atoms with Crippen LogP contribution >= 0.6 is 0 Å². The van der Waals surface area contributed by atoms with Gasteiger partial charge >= 0.3 is 0 Å². The van der Waals surface area contributed by atoms with Gasteiger partial charge in [-0.15, -0.1) is 0 Å². The average Bonchev–Trinajstić information content (AvgIpc) is 3.10. The highest BCUT2D eigenvalue weighted by Crippen LogP contribution is 2.31. The maximum absolute atomic E-state index is 13.1. The van der Waals surface area contributed by atoms with Gasteiger partial charge in [0.15, 0.2) is 5.78 Å². The van der Waals surface area contributed by atoms with Crippen molar-refractivity contribution in [2.24, 2.45) is 0 Å². The van der Waals surface area contributed by atoms with Crippen molar-refractivity contribution in [1.29, 1.82) is 0 Å². The number of rotatable bonds is 7. The maximum Gasteiger partial charge on any atom is 0.259 e. The van der Waals surface area contributed by atoms with Crippen LogP contribution in [0.4, 0.5) is 0 Å². The fourth-order valence-corrected chi connectivity index (χ4v) is 4.07. The zero-order valence-electron chi connectivity index (χ0n) is 17.2. The first kappa shape index (κ1) is 20.6. The van der Waals surface area contributed by atoms with E-state index >= 15 is 0 Å². The second kappa shape index (κ2) is 9.43. The molecule has 1 fully saturated rings. The Morgan fingerprint density at radius 1 is 0.806 bits per heavy atom. The molecule has 31 heavy (non-hydrogen) atoms. The van der Waals surface area contributed by atoms with Crippen LogP contribution in [-0.2, 0) is 22.4 Å². The van der Waals surface area contributed by atoms with Crippen molar-refractivity contribution in [1.82, 2.24) is 5.32 Å². The van der Waals surface area contributed by atoms with Gasteiger partial charge in [-0.2, -0.15) is 0 Å². The summed E-state index contributed by atoms with van der Waals surface area (Å²) in [7, 11) is 0. The van der Waals surface area contributed by atoms with Gasteiger partial charge in [-0.3, -0.25) is 9.59 Å². The van der Waals surface area contributed by atoms with E-state index in [1.165, 1.54) is 0 Å². The molecule has 3 aromatic carbocycles. The highest BCUT2D eigenvalue weighted by atomic mass is 16.3. The minimum Gasteiger partial charge on any atom is -0.511 e. The van der Waals surface area contributed by atoms with E-state index in [4.69, 9.17) is 0 Å². The Bertz CT molecular complexity index is 1080. The fraction of sp³-hybridized carbons (Fsp3) is 0.185. The van der Waals surface area contributed by atoms with Crippen LogP contribution in [0.3, 0.4) is 0 Å². The third-order valence-electron chi connectivity index (χ3n) is 5.73. The Morgan fingerprint density at radius 2 is 1.35 bits per heavy atom. The van der Waals surface area contributed by atoms with Crippen molar-refractivity contribution in [2.75, 3.05) is 0 Å². The zero-order valence-corrected chi connectivity index (χ0v) is 17.2. The second-order valence-electron chi connectivity index (χ2n) is 7.83. The van der Waals surface area contributed by atoms with Crippen molar-refractivity contribution in [3.05, 3.63) is 119 Å². The number of hydrogen-bond acceptors (Lipinski definition) is 3. The van der Waals surface area contributed by atoms with E-state index in [1.54, 1.807) is 0 Å². The van der Waals surface area contributed by atoms with Gasteiger partial charge in [0.25, 0.3) is 5.91 Å². The molecule has 0 radical (unpaired) electrons. The topological polar surface area (TPSA) is 66.4 Å². The Balaban J connectivity index is 1.61. The number of carbonyl (C=O) groups excluding carboxylic acids is 2. The van der Waals surface area contributed by atoms with Crippen LogP contribution in [0, 0.1) is 0 Å². The molecule has 0 spiro atoms. The summed E-state index contributed by atoms with van der Waals surface area (Å²) in [5, 5.41) is 13.9. The molecule has 2 atom stereocenters. The third kappa shape index (κ3) is 4.75. The van der Waals surface area contributed by atoms with Crippen LogP contribution in [0.25, 0.3) is 0 Å². The summed E-state index contributed by atoms with van der Waals surface area (Å²) < 4.78 is 0. The number of ketones is 1. The fourth-order valence-electron chi connectivity index (χ4n) is 4.07. The second-order valence-corrected chi connectivity index (χ2v) is 7.83. The van der Waals surface area contributed by atoms with E-state index in [0.29, 0.717) is 19.3 Å². The third-order valence-corrected chi connectivity index (χ3v) is 5.73. The van der Waals surface area contributed by atoms with Crippen LogP contribution in [0.15, 0.2) is 102 Å². The molecular formula is C27H25NO3. The van der Waals surface area contributed by atoms with Crippen LogP contribution in [0.2, 0.25) is 0 Å². The Morgan fingerprint density at radius 3 is 1.97 bits per heavy atom. The predicted octanol–water partition coefficient (Wildman–Crippen LogP) is 4.53. The molecule has 1 aliphatic rings. The summed E-state index contributed by atoms with van der Waals surface area (Å²) in [5.74, 6) is -1.44. The standard InChI is InChI=1S/C27H25NO3/c29-25(22(21-14-8-3-9-15-21)18-20-12-6-2-7-13-20)24-26(30)23(28-27(24)31)17-16-19-10-4-1-5-11-19/h1-15,22-23,29H,16-18H2,(H,28,31). The first-order chi connectivity index (χ1) is 15.1. The molecular weight excluding hydrogens is 386 g/mol. The molecule has 1 heterocycles. The number of Topliss-reactive ketones (excluding diaryl/α,β-unsaturated/α-hetero) is 1. The lowest BCUT2D eigenvalue weighted by atomic mass is 9.87. The molecule has 0 aromatic heterocycles. The van der Waals surface area contributed by atoms with E-state index in [9.17, 15) is 14.7 Å². The summed E-state index contributed by atoms with van der Waals surface area (Å²) in [6.45, 7) is 0. The maximum atomic E-state index is 13.1. The molecule has 4 heteroatoms. The van der Waals surface area contributed by atoms with E-state index in [2.05, 4.69) is 5.32 Å². The van der Waals surface area contributed by atoms with Gasteiger partial charge in [-0.25, -0.2) is 0 Å². The molecule has 0 aliphatic carbocycles. The van der Waals surface area contributed by atoms with Gasteiger partial charge in [0.05, 0.1) is 6.04 Å². The summed E-state index contributed by atoms with van der Waals surface area (Å²) in [5.41, 5.74) is 2.89. The van der Waals surface area contributed by atoms with E-state index in [-0.39, 0.29) is 17.1 Å². The molecule has 0 saturated carbocycles. The Kier molecular flexibility index (Phi) is 6.27. The van der Waals surface area contributed by atoms with Gasteiger partial charge in [0.2, 0.25) is 0 Å². The Hall–Kier alpha value is -3.66. The van der Waals surface area contributed by atoms with Crippen molar-refractivity contribution in [3.8, 4) is 0 Å². The van der Waals surface area contributed by atoms with Gasteiger partial charge in [0, 0.05) is 5.92 Å². The van der Waals surface area contributed by atoms with E-state index < -0.39 is 17.9 Å². The molecule has 2 N–H and O–H groups in total. The van der Waals surface area contributed by atoms with Crippen LogP contribution in [-0.4, -0.2) is 22.8 Å². The van der Waals surface area contributed by atoms with E-state index in [1.807, 2.05) is 91.0 Å². The van der Waals surface area contributed by atoms with Crippen LogP contribution < -0.4 is 5.32 Å². The first-order valence-electron chi connectivity index (χ1n) is 10.5. The number of amides is 1. The van der Waals surface area contributed by atoms with Crippen molar-refractivity contribution in [2.45, 2.75) is 31.2 Å². The van der Waals surface area contributed by atoms with E-state index in [0.717, 1.165) is 16.7 Å². The number of benzene rings is 3. The highest BCUT2D eigenvalue weighted by Gasteiger charge is 2.39. The predicted molar refractivity (Wildman–Crippen MR) is 121 cm³/mol. The Labute approximate surface area is 182 Å². The largest absolute Gasteiger partial charge is 0.511 e. The quantitative estimate of drug-likeness (QED) is 0.341. The summed E-state index contributed by atoms with van der Waals surface area (Å²) >= 11 is 0. The molecule has 0 bridgehead atoms. The van der Waals surface area contributed by atoms with Gasteiger partial charge in [0.1, 0.15) is 11.3 Å². The first-order valence-corrected chi connectivity index (χ1v) is 10.5. The molecule has 3 aromatic rings. The van der Waals surface area contributed by atoms with Crippen molar-refractivity contribution in [3.63, 3.8) is 0 Å². The lowest BCUT2D eigenvalue weighted by Crippen LogP contribution is -2.29. The number of carbonyl (C=O) groups is 2. The number of hydrogen-bond donors (Lipinski definition) is 2. The summed E-state index contributed by atoms with van der Waals surface area (Å²) in [6.07, 6.45) is 1.67. The molecule has 4 rings (SSSR count). The van der Waals surface area contributed by atoms with Gasteiger partial charge in [-0.05, 0) is 36.0 Å². The molecule has 1 aliphatic heterocycles.